The van der Waals surface area contributed by atoms with Crippen molar-refractivity contribution in [3.05, 3.63) is 105 Å². The van der Waals surface area contributed by atoms with Crippen LogP contribution in [0.5, 0.6) is 0 Å². The van der Waals surface area contributed by atoms with E-state index < -0.39 is 10.8 Å². The molecule has 9 heteroatoms. The van der Waals surface area contributed by atoms with Gasteiger partial charge in [0.05, 0.1) is 11.1 Å². The lowest BCUT2D eigenvalue weighted by Gasteiger charge is -2.06. The summed E-state index contributed by atoms with van der Waals surface area (Å²) in [5.74, 6) is -0.766. The first-order chi connectivity index (χ1) is 14.4. The third-order valence-electron chi connectivity index (χ3n) is 3.97. The van der Waals surface area contributed by atoms with Crippen LogP contribution in [0.25, 0.3) is 0 Å². The van der Waals surface area contributed by atoms with Crippen molar-refractivity contribution in [1.29, 1.82) is 0 Å². The predicted octanol–water partition coefficient (Wildman–Crippen LogP) is 4.26. The minimum Gasteiger partial charge on any atom is -0.322 e. The zero-order valence-corrected chi connectivity index (χ0v) is 16.2. The molecule has 0 heterocycles. The Morgan fingerprint density at radius 1 is 0.933 bits per heavy atom. The van der Waals surface area contributed by atoms with Gasteiger partial charge >= 0.3 is 0 Å². The Morgan fingerprint density at radius 3 is 2.23 bits per heavy atom. The molecule has 3 aromatic carbocycles. The molecule has 150 valence electrons. The first-order valence-corrected chi connectivity index (χ1v) is 9.05. The van der Waals surface area contributed by atoms with Gasteiger partial charge in [-0.2, -0.15) is 5.10 Å². The molecule has 0 radical (unpaired) electrons. The lowest BCUT2D eigenvalue weighted by Crippen LogP contribution is -2.17. The van der Waals surface area contributed by atoms with Crippen molar-refractivity contribution in [2.45, 2.75) is 0 Å². The van der Waals surface area contributed by atoms with Crippen molar-refractivity contribution in [2.75, 3.05) is 5.32 Å². The van der Waals surface area contributed by atoms with E-state index in [4.69, 9.17) is 11.6 Å². The Hall–Kier alpha value is -4.04. The average molecular weight is 423 g/mol. The highest BCUT2D eigenvalue weighted by Crippen LogP contribution is 2.14. The Labute approximate surface area is 176 Å². The number of non-ortho nitro benzene ring substituents is 1. The Bertz CT molecular complexity index is 1110. The molecule has 0 aromatic heterocycles. The van der Waals surface area contributed by atoms with Gasteiger partial charge in [0.1, 0.15) is 0 Å². The fourth-order valence-electron chi connectivity index (χ4n) is 2.46. The molecule has 0 spiro atoms. The van der Waals surface area contributed by atoms with Gasteiger partial charge in [-0.3, -0.25) is 19.7 Å². The number of hydrogen-bond acceptors (Lipinski definition) is 5. The van der Waals surface area contributed by atoms with Crippen LogP contribution >= 0.6 is 11.6 Å². The van der Waals surface area contributed by atoms with Crippen molar-refractivity contribution in [3.8, 4) is 0 Å². The number of nitro groups is 1. The van der Waals surface area contributed by atoms with Gasteiger partial charge in [0.2, 0.25) is 0 Å². The number of rotatable bonds is 6. The highest BCUT2D eigenvalue weighted by molar-refractivity contribution is 6.30. The zero-order valence-electron chi connectivity index (χ0n) is 15.4. The van der Waals surface area contributed by atoms with Crippen molar-refractivity contribution in [2.24, 2.45) is 5.10 Å². The molecule has 0 saturated heterocycles. The van der Waals surface area contributed by atoms with Crippen molar-refractivity contribution < 1.29 is 14.5 Å². The summed E-state index contributed by atoms with van der Waals surface area (Å²) in [7, 11) is 0. The summed E-state index contributed by atoms with van der Waals surface area (Å²) >= 11 is 5.81. The van der Waals surface area contributed by atoms with Crippen LogP contribution in [-0.2, 0) is 0 Å². The van der Waals surface area contributed by atoms with E-state index >= 15 is 0 Å². The number of amides is 2. The molecule has 0 atom stereocenters. The minimum atomic E-state index is -0.511. The number of benzene rings is 3. The molecular formula is C21H15ClN4O4. The standard InChI is InChI=1S/C21H15ClN4O4/c22-17-8-4-15(5-9-17)20(27)24-18-10-6-16(7-11-18)21(28)25-23-13-14-2-1-3-19(12-14)26(29)30/h1-13H,(H,24,27)(H,25,28). The van der Waals surface area contributed by atoms with Crippen LogP contribution in [0.15, 0.2) is 77.9 Å². The van der Waals surface area contributed by atoms with E-state index in [1.54, 1.807) is 42.5 Å². The molecular weight excluding hydrogens is 408 g/mol. The Morgan fingerprint density at radius 2 is 1.57 bits per heavy atom. The summed E-state index contributed by atoms with van der Waals surface area (Å²) in [5, 5.41) is 17.8. The second-order valence-corrected chi connectivity index (χ2v) is 6.53. The number of halogens is 1. The maximum Gasteiger partial charge on any atom is 0.271 e. The van der Waals surface area contributed by atoms with Crippen LogP contribution in [0, 0.1) is 10.1 Å². The number of nitro benzene ring substituents is 1. The molecule has 0 unspecified atom stereocenters. The second kappa shape index (κ2) is 9.44. The van der Waals surface area contributed by atoms with Crippen LogP contribution in [0.4, 0.5) is 11.4 Å². The van der Waals surface area contributed by atoms with Crippen LogP contribution < -0.4 is 10.7 Å². The van der Waals surface area contributed by atoms with Crippen LogP contribution in [0.2, 0.25) is 5.02 Å². The van der Waals surface area contributed by atoms with E-state index in [2.05, 4.69) is 15.8 Å². The van der Waals surface area contributed by atoms with Gasteiger partial charge in [-0.25, -0.2) is 5.43 Å². The number of nitrogens with one attached hydrogen (secondary N) is 2. The maximum atomic E-state index is 12.2. The van der Waals surface area contributed by atoms with Crippen LogP contribution in [0.3, 0.4) is 0 Å². The summed E-state index contributed by atoms with van der Waals surface area (Å²) in [4.78, 5) is 34.6. The molecule has 2 N–H and O–H groups in total. The molecule has 0 aliphatic heterocycles. The highest BCUT2D eigenvalue weighted by Gasteiger charge is 2.08. The first kappa shape index (κ1) is 20.7. The maximum absolute atomic E-state index is 12.2. The normalized spacial score (nSPS) is 10.6. The number of hydrogen-bond donors (Lipinski definition) is 2. The smallest absolute Gasteiger partial charge is 0.271 e. The Kier molecular flexibility index (Phi) is 6.51. The Balaban J connectivity index is 1.58. The van der Waals surface area contributed by atoms with E-state index in [-0.39, 0.29) is 11.6 Å². The van der Waals surface area contributed by atoms with Crippen molar-refractivity contribution in [3.63, 3.8) is 0 Å². The summed E-state index contributed by atoms with van der Waals surface area (Å²) in [6.45, 7) is 0. The molecule has 0 saturated carbocycles. The van der Waals surface area contributed by atoms with Gasteiger partial charge in [0, 0.05) is 39.5 Å². The second-order valence-electron chi connectivity index (χ2n) is 6.09. The summed E-state index contributed by atoms with van der Waals surface area (Å²) in [5.41, 5.74) is 4.06. The van der Waals surface area contributed by atoms with E-state index in [0.29, 0.717) is 27.4 Å². The molecule has 3 aromatic rings. The number of carbonyl (C=O) groups is 2. The minimum absolute atomic E-state index is 0.0680. The van der Waals surface area contributed by atoms with Crippen molar-refractivity contribution in [1.82, 2.24) is 5.43 Å². The van der Waals surface area contributed by atoms with Gasteiger partial charge in [-0.05, 0) is 48.5 Å². The molecule has 8 nitrogen and oxygen atoms in total. The quantitative estimate of drug-likeness (QED) is 0.351. The third-order valence-corrected chi connectivity index (χ3v) is 4.22. The summed E-state index contributed by atoms with van der Waals surface area (Å²) in [6.07, 6.45) is 1.31. The lowest BCUT2D eigenvalue weighted by molar-refractivity contribution is -0.384. The molecule has 2 amide bonds. The topological polar surface area (TPSA) is 114 Å². The molecule has 0 bridgehead atoms. The largest absolute Gasteiger partial charge is 0.322 e. The van der Waals surface area contributed by atoms with E-state index in [0.717, 1.165) is 0 Å². The summed E-state index contributed by atoms with van der Waals surface area (Å²) < 4.78 is 0. The van der Waals surface area contributed by atoms with Gasteiger partial charge < -0.3 is 5.32 Å². The summed E-state index contributed by atoms with van der Waals surface area (Å²) in [6, 6.07) is 18.6. The lowest BCUT2D eigenvalue weighted by atomic mass is 10.1. The van der Waals surface area contributed by atoms with Crippen LogP contribution in [-0.4, -0.2) is 23.0 Å². The van der Waals surface area contributed by atoms with Crippen LogP contribution in [0.1, 0.15) is 26.3 Å². The molecule has 0 aliphatic rings. The van der Waals surface area contributed by atoms with Gasteiger partial charge in [0.15, 0.2) is 0 Å². The van der Waals surface area contributed by atoms with Gasteiger partial charge in [-0.1, -0.05) is 23.7 Å². The molecule has 30 heavy (non-hydrogen) atoms. The molecule has 0 aliphatic carbocycles. The monoisotopic (exact) mass is 422 g/mol. The van der Waals surface area contributed by atoms with Crippen molar-refractivity contribution >= 4 is 41.0 Å². The molecule has 3 rings (SSSR count). The van der Waals surface area contributed by atoms with E-state index in [9.17, 15) is 19.7 Å². The third kappa shape index (κ3) is 5.49. The number of nitrogens with zero attached hydrogens (tertiary/aromatic N) is 2. The fraction of sp³-hybridized carbons (Fsp3) is 0. The predicted molar refractivity (Wildman–Crippen MR) is 114 cm³/mol. The molecule has 0 fully saturated rings. The van der Waals surface area contributed by atoms with Gasteiger partial charge in [0.25, 0.3) is 17.5 Å². The SMILES string of the molecule is O=C(NN=Cc1cccc([N+](=O)[O-])c1)c1ccc(NC(=O)c2ccc(Cl)cc2)cc1. The van der Waals surface area contributed by atoms with E-state index in [1.165, 1.54) is 36.5 Å². The number of anilines is 1. The number of carbonyl (C=O) groups excluding carboxylic acids is 2. The van der Waals surface area contributed by atoms with E-state index in [1.807, 2.05) is 0 Å². The average Bonchev–Trinajstić information content (AvgIpc) is 2.75. The highest BCUT2D eigenvalue weighted by atomic mass is 35.5. The number of hydrazone groups is 1. The first-order valence-electron chi connectivity index (χ1n) is 8.67. The van der Waals surface area contributed by atoms with Gasteiger partial charge in [-0.15, -0.1) is 0 Å². The fourth-order valence-corrected chi connectivity index (χ4v) is 2.58. The zero-order chi connectivity index (χ0) is 21.5.